The molecule has 26 heavy (non-hydrogen) atoms. The molecule has 0 fully saturated rings. The van der Waals surface area contributed by atoms with Crippen molar-refractivity contribution in [3.63, 3.8) is 0 Å². The Morgan fingerprint density at radius 1 is 1.12 bits per heavy atom. The van der Waals surface area contributed by atoms with Gasteiger partial charge in [0.05, 0.1) is 12.1 Å². The maximum Gasteiger partial charge on any atom is 0.313 e. The molecular formula is C20H19N3O3. The molecule has 2 aromatic carbocycles. The first-order chi connectivity index (χ1) is 12.5. The number of hydrogen-bond donors (Lipinski definition) is 4. The Bertz CT molecular complexity index is 1010. The number of amides is 2. The minimum Gasteiger partial charge on any atom is -0.390 e. The van der Waals surface area contributed by atoms with Gasteiger partial charge in [-0.05, 0) is 42.3 Å². The highest BCUT2D eigenvalue weighted by Gasteiger charge is 2.33. The van der Waals surface area contributed by atoms with Gasteiger partial charge in [0.2, 0.25) is 0 Å². The van der Waals surface area contributed by atoms with Crippen molar-refractivity contribution in [2.75, 3.05) is 5.32 Å². The lowest BCUT2D eigenvalue weighted by atomic mass is 10.1. The van der Waals surface area contributed by atoms with Crippen LogP contribution in [0.15, 0.2) is 48.5 Å². The lowest BCUT2D eigenvalue weighted by molar-refractivity contribution is -0.137. The average molecular weight is 349 g/mol. The summed E-state index contributed by atoms with van der Waals surface area (Å²) in [6, 6.07) is 14.3. The van der Waals surface area contributed by atoms with E-state index in [4.69, 9.17) is 0 Å². The molecule has 1 aromatic heterocycles. The lowest BCUT2D eigenvalue weighted by Crippen LogP contribution is -2.40. The van der Waals surface area contributed by atoms with E-state index >= 15 is 0 Å². The number of nitrogens with one attached hydrogen (secondary N) is 3. The van der Waals surface area contributed by atoms with E-state index in [2.05, 4.69) is 15.6 Å². The van der Waals surface area contributed by atoms with E-state index in [0.29, 0.717) is 12.1 Å². The maximum absolute atomic E-state index is 12.3. The monoisotopic (exact) mass is 349 g/mol. The first-order valence-electron chi connectivity index (χ1n) is 8.48. The van der Waals surface area contributed by atoms with Crippen molar-refractivity contribution < 1.29 is 14.7 Å². The quantitative estimate of drug-likeness (QED) is 0.534. The minimum atomic E-state index is -0.768. The summed E-state index contributed by atoms with van der Waals surface area (Å²) in [5.41, 5.74) is 4.37. The smallest absolute Gasteiger partial charge is 0.313 e. The molecule has 0 bridgehead atoms. The van der Waals surface area contributed by atoms with Crippen LogP contribution in [0.4, 0.5) is 5.69 Å². The van der Waals surface area contributed by atoms with Gasteiger partial charge in [0, 0.05) is 28.7 Å². The molecular weight excluding hydrogens is 330 g/mol. The van der Waals surface area contributed by atoms with E-state index in [1.165, 1.54) is 0 Å². The van der Waals surface area contributed by atoms with Gasteiger partial charge in [0.25, 0.3) is 0 Å². The van der Waals surface area contributed by atoms with Crippen LogP contribution in [0.1, 0.15) is 22.9 Å². The standard InChI is InChI=1S/C20H19N3O3/c1-11-8-13-9-14(6-7-16(13)21-11)22-19(25)20(26)23-18-15-5-3-2-4-12(15)10-17(18)24/h2-9,17-18,21,24H,10H2,1H3,(H,22,25)(H,23,26). The van der Waals surface area contributed by atoms with Gasteiger partial charge < -0.3 is 20.7 Å². The van der Waals surface area contributed by atoms with Gasteiger partial charge in [-0.2, -0.15) is 0 Å². The number of aliphatic hydroxyl groups excluding tert-OH is 1. The highest BCUT2D eigenvalue weighted by atomic mass is 16.3. The number of fused-ring (bicyclic) bond motifs is 2. The summed E-state index contributed by atoms with van der Waals surface area (Å²) in [7, 11) is 0. The van der Waals surface area contributed by atoms with Crippen LogP contribution in [-0.2, 0) is 16.0 Å². The summed E-state index contributed by atoms with van der Waals surface area (Å²) >= 11 is 0. The Balaban J connectivity index is 1.47. The molecule has 6 nitrogen and oxygen atoms in total. The molecule has 0 saturated heterocycles. The molecule has 1 aliphatic rings. The number of anilines is 1. The van der Waals surface area contributed by atoms with E-state index < -0.39 is 24.0 Å². The van der Waals surface area contributed by atoms with Crippen LogP contribution in [0.25, 0.3) is 10.9 Å². The topological polar surface area (TPSA) is 94.2 Å². The van der Waals surface area contributed by atoms with E-state index in [0.717, 1.165) is 27.7 Å². The summed E-state index contributed by atoms with van der Waals surface area (Å²) in [4.78, 5) is 27.7. The SMILES string of the molecule is Cc1cc2cc(NC(=O)C(=O)NC3c4ccccc4CC3O)ccc2[nH]1. The van der Waals surface area contributed by atoms with Gasteiger partial charge in [-0.1, -0.05) is 24.3 Å². The molecule has 1 aliphatic carbocycles. The van der Waals surface area contributed by atoms with Crippen LogP contribution in [0, 0.1) is 6.92 Å². The fourth-order valence-electron chi connectivity index (χ4n) is 3.50. The Morgan fingerprint density at radius 3 is 2.77 bits per heavy atom. The predicted molar refractivity (Wildman–Crippen MR) is 98.7 cm³/mol. The third-order valence-corrected chi connectivity index (χ3v) is 4.71. The van der Waals surface area contributed by atoms with Gasteiger partial charge in [0.15, 0.2) is 0 Å². The zero-order valence-electron chi connectivity index (χ0n) is 14.2. The van der Waals surface area contributed by atoms with E-state index in [1.807, 2.05) is 49.4 Å². The molecule has 3 aromatic rings. The second-order valence-corrected chi connectivity index (χ2v) is 6.63. The molecule has 0 spiro atoms. The van der Waals surface area contributed by atoms with Crippen molar-refractivity contribution >= 4 is 28.4 Å². The van der Waals surface area contributed by atoms with Crippen molar-refractivity contribution in [1.82, 2.24) is 10.3 Å². The minimum absolute atomic E-state index is 0.465. The fraction of sp³-hybridized carbons (Fsp3) is 0.200. The summed E-state index contributed by atoms with van der Waals surface area (Å²) in [6.45, 7) is 1.95. The Kier molecular flexibility index (Phi) is 3.97. The normalized spacial score (nSPS) is 18.5. The van der Waals surface area contributed by atoms with Gasteiger partial charge in [-0.25, -0.2) is 0 Å². The molecule has 1 heterocycles. The molecule has 0 saturated carbocycles. The Hall–Kier alpha value is -3.12. The van der Waals surface area contributed by atoms with Crippen molar-refractivity contribution in [2.45, 2.75) is 25.5 Å². The molecule has 2 unspecified atom stereocenters. The fourth-order valence-corrected chi connectivity index (χ4v) is 3.50. The third kappa shape index (κ3) is 2.95. The predicted octanol–water partition coefficient (Wildman–Crippen LogP) is 2.19. The van der Waals surface area contributed by atoms with Crippen LogP contribution < -0.4 is 10.6 Å². The molecule has 4 N–H and O–H groups in total. The largest absolute Gasteiger partial charge is 0.390 e. The number of carbonyl (C=O) groups is 2. The zero-order valence-corrected chi connectivity index (χ0v) is 14.2. The first-order valence-corrected chi connectivity index (χ1v) is 8.48. The number of rotatable bonds is 2. The summed E-state index contributed by atoms with van der Waals surface area (Å²) < 4.78 is 0. The van der Waals surface area contributed by atoms with Crippen molar-refractivity contribution in [3.05, 3.63) is 65.4 Å². The number of aromatic nitrogens is 1. The van der Waals surface area contributed by atoms with Gasteiger partial charge in [-0.3, -0.25) is 9.59 Å². The molecule has 132 valence electrons. The Morgan fingerprint density at radius 2 is 1.92 bits per heavy atom. The molecule has 0 aliphatic heterocycles. The van der Waals surface area contributed by atoms with Crippen molar-refractivity contribution in [1.29, 1.82) is 0 Å². The van der Waals surface area contributed by atoms with Crippen LogP contribution in [0.3, 0.4) is 0 Å². The number of hydrogen-bond acceptors (Lipinski definition) is 3. The number of aliphatic hydroxyl groups is 1. The molecule has 0 radical (unpaired) electrons. The second kappa shape index (κ2) is 6.31. The van der Waals surface area contributed by atoms with Crippen LogP contribution >= 0.6 is 0 Å². The highest BCUT2D eigenvalue weighted by Crippen LogP contribution is 2.31. The third-order valence-electron chi connectivity index (χ3n) is 4.71. The number of aryl methyl sites for hydroxylation is 1. The summed E-state index contributed by atoms with van der Waals surface area (Å²) in [6.07, 6.45) is -0.268. The van der Waals surface area contributed by atoms with Gasteiger partial charge in [0.1, 0.15) is 0 Å². The average Bonchev–Trinajstić information content (AvgIpc) is 3.13. The highest BCUT2D eigenvalue weighted by molar-refractivity contribution is 6.39. The number of H-pyrrole nitrogens is 1. The van der Waals surface area contributed by atoms with Gasteiger partial charge in [-0.15, -0.1) is 0 Å². The summed E-state index contributed by atoms with van der Waals surface area (Å²) in [5, 5.41) is 16.4. The second-order valence-electron chi connectivity index (χ2n) is 6.63. The van der Waals surface area contributed by atoms with E-state index in [-0.39, 0.29) is 0 Å². The molecule has 2 atom stereocenters. The van der Waals surface area contributed by atoms with Crippen LogP contribution in [-0.4, -0.2) is 28.0 Å². The van der Waals surface area contributed by atoms with Crippen LogP contribution in [0.2, 0.25) is 0 Å². The first kappa shape index (κ1) is 16.4. The zero-order chi connectivity index (χ0) is 18.3. The number of benzene rings is 2. The van der Waals surface area contributed by atoms with E-state index in [9.17, 15) is 14.7 Å². The van der Waals surface area contributed by atoms with Crippen molar-refractivity contribution in [2.24, 2.45) is 0 Å². The number of aromatic amines is 1. The Labute approximate surface area is 150 Å². The lowest BCUT2D eigenvalue weighted by Gasteiger charge is -2.17. The summed E-state index contributed by atoms with van der Waals surface area (Å²) in [5.74, 6) is -1.52. The molecule has 6 heteroatoms. The molecule has 2 amide bonds. The van der Waals surface area contributed by atoms with Crippen LogP contribution in [0.5, 0.6) is 0 Å². The van der Waals surface area contributed by atoms with Crippen molar-refractivity contribution in [3.8, 4) is 0 Å². The molecule has 4 rings (SSSR count). The van der Waals surface area contributed by atoms with E-state index in [1.54, 1.807) is 6.07 Å². The maximum atomic E-state index is 12.3. The van der Waals surface area contributed by atoms with Gasteiger partial charge >= 0.3 is 11.8 Å². The number of carbonyl (C=O) groups excluding carboxylic acids is 2.